The number of nitrogens with one attached hydrogen (secondary N) is 2. The van der Waals surface area contributed by atoms with Gasteiger partial charge in [0.05, 0.1) is 0 Å². The zero-order valence-corrected chi connectivity index (χ0v) is 15.5. The van der Waals surface area contributed by atoms with E-state index < -0.39 is 0 Å². The summed E-state index contributed by atoms with van der Waals surface area (Å²) in [6, 6.07) is 7.28. The first kappa shape index (κ1) is 20.7. The normalized spacial score (nSPS) is 14.8. The molecule has 24 heavy (non-hydrogen) atoms. The van der Waals surface area contributed by atoms with E-state index in [9.17, 15) is 9.59 Å². The highest BCUT2D eigenvalue weighted by atomic mass is 35.5. The molecular weight excluding hydrogens is 349 g/mol. The van der Waals surface area contributed by atoms with Crippen molar-refractivity contribution in [1.29, 1.82) is 0 Å². The van der Waals surface area contributed by atoms with Gasteiger partial charge in [-0.15, -0.1) is 12.4 Å². The van der Waals surface area contributed by atoms with Gasteiger partial charge in [-0.2, -0.15) is 0 Å². The van der Waals surface area contributed by atoms with Crippen LogP contribution in [-0.4, -0.2) is 49.4 Å². The lowest BCUT2D eigenvalue weighted by Gasteiger charge is -2.31. The largest absolute Gasteiger partial charge is 0.352 e. The molecule has 0 saturated carbocycles. The van der Waals surface area contributed by atoms with Gasteiger partial charge in [-0.05, 0) is 50.6 Å². The maximum absolute atomic E-state index is 12.1. The number of hydrogen-bond acceptors (Lipinski definition) is 3. The molecule has 134 valence electrons. The molecule has 2 N–H and O–H groups in total. The van der Waals surface area contributed by atoms with Gasteiger partial charge in [-0.1, -0.05) is 11.6 Å². The third-order valence-corrected chi connectivity index (χ3v) is 4.47. The maximum atomic E-state index is 12.1. The van der Waals surface area contributed by atoms with Gasteiger partial charge >= 0.3 is 0 Å². The minimum Gasteiger partial charge on any atom is -0.352 e. The zero-order chi connectivity index (χ0) is 16.7. The van der Waals surface area contributed by atoms with E-state index in [0.717, 1.165) is 25.9 Å². The third-order valence-electron chi connectivity index (χ3n) is 4.22. The van der Waals surface area contributed by atoms with Crippen molar-refractivity contribution in [2.45, 2.75) is 31.7 Å². The van der Waals surface area contributed by atoms with E-state index in [2.05, 4.69) is 10.6 Å². The number of hydrogen-bond donors (Lipinski definition) is 2. The quantitative estimate of drug-likeness (QED) is 0.752. The lowest BCUT2D eigenvalue weighted by Crippen LogP contribution is -2.44. The summed E-state index contributed by atoms with van der Waals surface area (Å²) < 4.78 is 0. The number of nitrogens with zero attached hydrogens (tertiary/aromatic N) is 1. The second-order valence-electron chi connectivity index (χ2n) is 5.81. The van der Waals surface area contributed by atoms with Gasteiger partial charge in [-0.25, -0.2) is 0 Å². The second kappa shape index (κ2) is 10.5. The van der Waals surface area contributed by atoms with Crippen molar-refractivity contribution >= 4 is 35.8 Å². The Labute approximate surface area is 154 Å². The molecule has 0 radical (unpaired) electrons. The number of carbonyl (C=O) groups is 2. The summed E-state index contributed by atoms with van der Waals surface area (Å²) >= 11 is 5.79. The van der Waals surface area contributed by atoms with Gasteiger partial charge in [-0.3, -0.25) is 9.59 Å². The topological polar surface area (TPSA) is 61.4 Å². The van der Waals surface area contributed by atoms with Crippen LogP contribution in [-0.2, 0) is 4.79 Å². The minimum absolute atomic E-state index is 0. The Bertz CT molecular complexity index is 529. The van der Waals surface area contributed by atoms with Crippen molar-refractivity contribution in [3.8, 4) is 0 Å². The molecule has 0 aliphatic carbocycles. The fourth-order valence-corrected chi connectivity index (χ4v) is 2.85. The maximum Gasteiger partial charge on any atom is 0.251 e. The summed E-state index contributed by atoms with van der Waals surface area (Å²) in [7, 11) is 1.96. The highest BCUT2D eigenvalue weighted by Crippen LogP contribution is 2.12. The van der Waals surface area contributed by atoms with Crippen LogP contribution in [0.15, 0.2) is 24.3 Å². The van der Waals surface area contributed by atoms with Gasteiger partial charge in [0.25, 0.3) is 5.91 Å². The van der Waals surface area contributed by atoms with Crippen LogP contribution in [0.2, 0.25) is 5.02 Å². The third kappa shape index (κ3) is 6.30. The molecule has 2 rings (SSSR count). The van der Waals surface area contributed by atoms with E-state index in [4.69, 9.17) is 11.6 Å². The molecule has 1 aliphatic heterocycles. The molecule has 0 aromatic heterocycles. The molecular formula is C17H25Cl2N3O2. The second-order valence-corrected chi connectivity index (χ2v) is 6.25. The first-order chi connectivity index (χ1) is 11.1. The van der Waals surface area contributed by atoms with Crippen LogP contribution in [0.3, 0.4) is 0 Å². The van der Waals surface area contributed by atoms with Crippen LogP contribution in [0.5, 0.6) is 0 Å². The summed E-state index contributed by atoms with van der Waals surface area (Å²) in [4.78, 5) is 26.0. The minimum atomic E-state index is -0.135. The van der Waals surface area contributed by atoms with Crippen LogP contribution in [0.4, 0.5) is 0 Å². The SMILES string of the molecule is CNC1CCN(C(=O)CCCNC(=O)c2ccc(Cl)cc2)CC1.Cl. The molecule has 0 spiro atoms. The molecule has 7 heteroatoms. The predicted octanol–water partition coefficient (Wildman–Crippen LogP) is 2.48. The first-order valence-corrected chi connectivity index (χ1v) is 8.46. The van der Waals surface area contributed by atoms with Gasteiger partial charge < -0.3 is 15.5 Å². The molecule has 1 heterocycles. The first-order valence-electron chi connectivity index (χ1n) is 8.09. The Hall–Kier alpha value is -1.30. The smallest absolute Gasteiger partial charge is 0.251 e. The summed E-state index contributed by atoms with van der Waals surface area (Å²) in [5.74, 6) is 0.0456. The average molecular weight is 374 g/mol. The lowest BCUT2D eigenvalue weighted by molar-refractivity contribution is -0.132. The fraction of sp³-hybridized carbons (Fsp3) is 0.529. The van der Waals surface area contributed by atoms with Gasteiger partial charge in [0.2, 0.25) is 5.91 Å². The van der Waals surface area contributed by atoms with Crippen molar-refractivity contribution in [2.75, 3.05) is 26.7 Å². The standard InChI is InChI=1S/C17H24ClN3O2.ClH/c1-19-15-8-11-21(12-9-15)16(22)3-2-10-20-17(23)13-4-6-14(18)7-5-13;/h4-7,15,19H,2-3,8-12H2,1H3,(H,20,23);1H. The monoisotopic (exact) mass is 373 g/mol. The molecule has 5 nitrogen and oxygen atoms in total. The van der Waals surface area contributed by atoms with Crippen LogP contribution in [0, 0.1) is 0 Å². The zero-order valence-electron chi connectivity index (χ0n) is 13.9. The Morgan fingerprint density at radius 2 is 1.83 bits per heavy atom. The van der Waals surface area contributed by atoms with E-state index in [0.29, 0.717) is 36.0 Å². The highest BCUT2D eigenvalue weighted by Gasteiger charge is 2.21. The highest BCUT2D eigenvalue weighted by molar-refractivity contribution is 6.30. The summed E-state index contributed by atoms with van der Waals surface area (Å²) in [5, 5.41) is 6.69. The van der Waals surface area contributed by atoms with Crippen molar-refractivity contribution < 1.29 is 9.59 Å². The van der Waals surface area contributed by atoms with Crippen LogP contribution in [0.25, 0.3) is 0 Å². The number of amides is 2. The Balaban J connectivity index is 0.00000288. The molecule has 1 aromatic carbocycles. The molecule has 1 fully saturated rings. The number of benzene rings is 1. The van der Waals surface area contributed by atoms with Crippen molar-refractivity contribution in [3.05, 3.63) is 34.9 Å². The number of piperidine rings is 1. The number of likely N-dealkylation sites (tertiary alicyclic amines) is 1. The average Bonchev–Trinajstić information content (AvgIpc) is 2.59. The molecule has 1 saturated heterocycles. The van der Waals surface area contributed by atoms with Gasteiger partial charge in [0.1, 0.15) is 0 Å². The predicted molar refractivity (Wildman–Crippen MR) is 98.9 cm³/mol. The van der Waals surface area contributed by atoms with E-state index in [1.54, 1.807) is 24.3 Å². The Kier molecular flexibility index (Phi) is 9.11. The number of carbonyl (C=O) groups excluding carboxylic acids is 2. The molecule has 2 amide bonds. The molecule has 1 aromatic rings. The summed E-state index contributed by atoms with van der Waals surface area (Å²) in [5.41, 5.74) is 0.579. The van der Waals surface area contributed by atoms with E-state index in [1.807, 2.05) is 11.9 Å². The van der Waals surface area contributed by atoms with E-state index >= 15 is 0 Å². The Morgan fingerprint density at radius 3 is 2.42 bits per heavy atom. The Morgan fingerprint density at radius 1 is 1.21 bits per heavy atom. The van der Waals surface area contributed by atoms with E-state index in [-0.39, 0.29) is 24.2 Å². The molecule has 0 bridgehead atoms. The van der Waals surface area contributed by atoms with Gasteiger partial charge in [0.15, 0.2) is 0 Å². The summed E-state index contributed by atoms with van der Waals surface area (Å²) in [6.07, 6.45) is 3.15. The van der Waals surface area contributed by atoms with Crippen molar-refractivity contribution in [2.24, 2.45) is 0 Å². The lowest BCUT2D eigenvalue weighted by atomic mass is 10.0. The van der Waals surface area contributed by atoms with E-state index in [1.165, 1.54) is 0 Å². The number of halogens is 2. The summed E-state index contributed by atoms with van der Waals surface area (Å²) in [6.45, 7) is 2.14. The van der Waals surface area contributed by atoms with Crippen LogP contribution < -0.4 is 10.6 Å². The van der Waals surface area contributed by atoms with Crippen molar-refractivity contribution in [1.82, 2.24) is 15.5 Å². The fourth-order valence-electron chi connectivity index (χ4n) is 2.72. The molecule has 0 unspecified atom stereocenters. The molecule has 1 aliphatic rings. The number of rotatable bonds is 6. The van der Waals surface area contributed by atoms with Crippen molar-refractivity contribution in [3.63, 3.8) is 0 Å². The molecule has 0 atom stereocenters. The van der Waals surface area contributed by atoms with Gasteiger partial charge in [0, 0.05) is 42.7 Å². The van der Waals surface area contributed by atoms with Crippen LogP contribution in [0.1, 0.15) is 36.0 Å². The van der Waals surface area contributed by atoms with Crippen LogP contribution >= 0.6 is 24.0 Å².